The van der Waals surface area contributed by atoms with Crippen molar-refractivity contribution in [3.05, 3.63) is 10.6 Å². The molecule has 1 heterocycles. The highest BCUT2D eigenvalue weighted by molar-refractivity contribution is 7.15. The van der Waals surface area contributed by atoms with Crippen LogP contribution in [-0.2, 0) is 12.8 Å². The van der Waals surface area contributed by atoms with E-state index in [0.29, 0.717) is 6.04 Å². The Kier molecular flexibility index (Phi) is 3.50. The number of fused-ring (bicyclic) bond motifs is 1. The number of hydrogen-bond acceptors (Lipinski definition) is 3. The second-order valence-electron chi connectivity index (χ2n) is 5.18. The van der Waals surface area contributed by atoms with E-state index in [-0.39, 0.29) is 6.03 Å². The molecule has 1 fully saturated rings. The Bertz CT molecular complexity index is 416. The van der Waals surface area contributed by atoms with Gasteiger partial charge in [-0.05, 0) is 32.1 Å². The van der Waals surface area contributed by atoms with Gasteiger partial charge in [0.05, 0.1) is 5.69 Å². The molecule has 18 heavy (non-hydrogen) atoms. The first-order valence-corrected chi connectivity index (χ1v) is 7.69. The molecule has 2 amide bonds. The standard InChI is InChI=1S/C13H19N3OS/c17-12(14-9-5-2-1-3-6-9)16-13-15-10-7-4-8-11(10)18-13/h9H,1-8H2,(H2,14,15,16,17). The molecule has 3 rings (SSSR count). The molecule has 0 bridgehead atoms. The van der Waals surface area contributed by atoms with E-state index in [9.17, 15) is 4.79 Å². The van der Waals surface area contributed by atoms with Crippen LogP contribution in [0.25, 0.3) is 0 Å². The summed E-state index contributed by atoms with van der Waals surface area (Å²) in [4.78, 5) is 17.7. The summed E-state index contributed by atoms with van der Waals surface area (Å²) in [6.07, 6.45) is 9.40. The van der Waals surface area contributed by atoms with Gasteiger partial charge in [-0.15, -0.1) is 11.3 Å². The van der Waals surface area contributed by atoms with Crippen molar-refractivity contribution >= 4 is 22.5 Å². The third kappa shape index (κ3) is 2.66. The first-order chi connectivity index (χ1) is 8.81. The van der Waals surface area contributed by atoms with E-state index >= 15 is 0 Å². The molecule has 1 saturated carbocycles. The topological polar surface area (TPSA) is 54.0 Å². The highest BCUT2D eigenvalue weighted by atomic mass is 32.1. The molecule has 2 N–H and O–H groups in total. The predicted molar refractivity (Wildman–Crippen MR) is 73.2 cm³/mol. The maximum atomic E-state index is 11.9. The van der Waals surface area contributed by atoms with E-state index < -0.39 is 0 Å². The Hall–Kier alpha value is -1.10. The Morgan fingerprint density at radius 2 is 2.00 bits per heavy atom. The summed E-state index contributed by atoms with van der Waals surface area (Å²) in [7, 11) is 0. The van der Waals surface area contributed by atoms with E-state index in [2.05, 4.69) is 15.6 Å². The molecule has 98 valence electrons. The number of nitrogens with zero attached hydrogens (tertiary/aromatic N) is 1. The lowest BCUT2D eigenvalue weighted by molar-refractivity contribution is 0.244. The quantitative estimate of drug-likeness (QED) is 0.863. The minimum atomic E-state index is -0.0886. The molecule has 0 unspecified atom stereocenters. The molecular formula is C13H19N3OS. The summed E-state index contributed by atoms with van der Waals surface area (Å²) in [5.74, 6) is 0. The number of anilines is 1. The molecule has 2 aliphatic carbocycles. The van der Waals surface area contributed by atoms with Crippen molar-refractivity contribution in [1.29, 1.82) is 0 Å². The number of hydrogen-bond donors (Lipinski definition) is 2. The fraction of sp³-hybridized carbons (Fsp3) is 0.692. The lowest BCUT2D eigenvalue weighted by Crippen LogP contribution is -2.39. The molecule has 2 aliphatic rings. The zero-order valence-electron chi connectivity index (χ0n) is 10.5. The highest BCUT2D eigenvalue weighted by Gasteiger charge is 2.19. The van der Waals surface area contributed by atoms with Crippen LogP contribution in [0.15, 0.2) is 0 Å². The molecule has 0 spiro atoms. The summed E-state index contributed by atoms with van der Waals surface area (Å²) in [6.45, 7) is 0. The molecule has 4 nitrogen and oxygen atoms in total. The van der Waals surface area contributed by atoms with E-state index in [0.717, 1.165) is 30.8 Å². The average Bonchev–Trinajstić information content (AvgIpc) is 2.90. The van der Waals surface area contributed by atoms with Crippen LogP contribution >= 0.6 is 11.3 Å². The molecule has 0 saturated heterocycles. The minimum absolute atomic E-state index is 0.0886. The van der Waals surface area contributed by atoms with Gasteiger partial charge in [0.25, 0.3) is 0 Å². The number of aromatic nitrogens is 1. The van der Waals surface area contributed by atoms with Gasteiger partial charge in [0.1, 0.15) is 0 Å². The molecule has 1 aromatic heterocycles. The monoisotopic (exact) mass is 265 g/mol. The normalized spacial score (nSPS) is 19.6. The summed E-state index contributed by atoms with van der Waals surface area (Å²) in [5, 5.41) is 6.68. The van der Waals surface area contributed by atoms with E-state index in [1.54, 1.807) is 11.3 Å². The number of carbonyl (C=O) groups is 1. The smallest absolute Gasteiger partial charge is 0.321 e. The lowest BCUT2D eigenvalue weighted by atomic mass is 9.96. The van der Waals surface area contributed by atoms with Crippen LogP contribution in [0.3, 0.4) is 0 Å². The number of rotatable bonds is 2. The number of thiazole rings is 1. The zero-order chi connectivity index (χ0) is 12.4. The molecule has 0 radical (unpaired) electrons. The summed E-state index contributed by atoms with van der Waals surface area (Å²) in [6, 6.07) is 0.264. The number of aryl methyl sites for hydroxylation is 2. The van der Waals surface area contributed by atoms with Crippen LogP contribution in [-0.4, -0.2) is 17.1 Å². The van der Waals surface area contributed by atoms with Crippen LogP contribution in [0.2, 0.25) is 0 Å². The van der Waals surface area contributed by atoms with E-state index in [1.165, 1.54) is 36.3 Å². The number of carbonyl (C=O) groups excluding carboxylic acids is 1. The van der Waals surface area contributed by atoms with E-state index in [1.807, 2.05) is 0 Å². The largest absolute Gasteiger partial charge is 0.335 e. The van der Waals surface area contributed by atoms with E-state index in [4.69, 9.17) is 0 Å². The number of nitrogens with one attached hydrogen (secondary N) is 2. The zero-order valence-corrected chi connectivity index (χ0v) is 11.3. The van der Waals surface area contributed by atoms with Crippen LogP contribution in [0, 0.1) is 0 Å². The minimum Gasteiger partial charge on any atom is -0.335 e. The van der Waals surface area contributed by atoms with Gasteiger partial charge in [-0.1, -0.05) is 19.3 Å². The van der Waals surface area contributed by atoms with Gasteiger partial charge < -0.3 is 5.32 Å². The lowest BCUT2D eigenvalue weighted by Gasteiger charge is -2.22. The first kappa shape index (κ1) is 12.0. The molecule has 1 aromatic rings. The Balaban J connectivity index is 1.53. The fourth-order valence-electron chi connectivity index (χ4n) is 2.81. The van der Waals surface area contributed by atoms with Crippen molar-refractivity contribution in [3.8, 4) is 0 Å². The Morgan fingerprint density at radius 1 is 1.17 bits per heavy atom. The van der Waals surface area contributed by atoms with Crippen molar-refractivity contribution < 1.29 is 4.79 Å². The number of amides is 2. The van der Waals surface area contributed by atoms with Gasteiger partial charge in [-0.25, -0.2) is 9.78 Å². The summed E-state index contributed by atoms with van der Waals surface area (Å²) < 4.78 is 0. The number of urea groups is 1. The summed E-state index contributed by atoms with van der Waals surface area (Å²) >= 11 is 1.63. The molecule has 5 heteroatoms. The van der Waals surface area contributed by atoms with Gasteiger partial charge in [0.2, 0.25) is 0 Å². The van der Waals surface area contributed by atoms with Gasteiger partial charge in [-0.2, -0.15) is 0 Å². The molecular weight excluding hydrogens is 246 g/mol. The Labute approximate surface area is 111 Å². The Morgan fingerprint density at radius 3 is 2.78 bits per heavy atom. The van der Waals surface area contributed by atoms with Crippen molar-refractivity contribution in [2.45, 2.75) is 57.4 Å². The SMILES string of the molecule is O=C(Nc1nc2c(s1)CCC2)NC1CCCCC1. The van der Waals surface area contributed by atoms with Crippen molar-refractivity contribution in [3.63, 3.8) is 0 Å². The second kappa shape index (κ2) is 5.26. The fourth-order valence-corrected chi connectivity index (χ4v) is 3.85. The van der Waals surface area contributed by atoms with Crippen LogP contribution in [0.1, 0.15) is 49.1 Å². The van der Waals surface area contributed by atoms with Gasteiger partial charge in [0, 0.05) is 10.9 Å². The van der Waals surface area contributed by atoms with Crippen LogP contribution in [0.5, 0.6) is 0 Å². The second-order valence-corrected chi connectivity index (χ2v) is 6.26. The van der Waals surface area contributed by atoms with Crippen LogP contribution in [0.4, 0.5) is 9.93 Å². The van der Waals surface area contributed by atoms with Crippen LogP contribution < -0.4 is 10.6 Å². The predicted octanol–water partition coefficient (Wildman–Crippen LogP) is 3.09. The molecule has 0 aliphatic heterocycles. The maximum Gasteiger partial charge on any atom is 0.321 e. The van der Waals surface area contributed by atoms with Gasteiger partial charge >= 0.3 is 6.03 Å². The summed E-state index contributed by atoms with van der Waals surface area (Å²) in [5.41, 5.74) is 1.19. The maximum absolute atomic E-state index is 11.9. The van der Waals surface area contributed by atoms with Gasteiger partial charge in [0.15, 0.2) is 5.13 Å². The molecule has 0 aromatic carbocycles. The van der Waals surface area contributed by atoms with Crippen molar-refractivity contribution in [1.82, 2.24) is 10.3 Å². The highest BCUT2D eigenvalue weighted by Crippen LogP contribution is 2.30. The third-order valence-electron chi connectivity index (χ3n) is 3.76. The van der Waals surface area contributed by atoms with Gasteiger partial charge in [-0.3, -0.25) is 5.32 Å². The molecule has 0 atom stereocenters. The first-order valence-electron chi connectivity index (χ1n) is 6.87. The third-order valence-corrected chi connectivity index (χ3v) is 4.83. The average molecular weight is 265 g/mol. The van der Waals surface area contributed by atoms with Crippen molar-refractivity contribution in [2.24, 2.45) is 0 Å². The van der Waals surface area contributed by atoms with Crippen molar-refractivity contribution in [2.75, 3.05) is 5.32 Å².